The number of halogens is 2. The second-order valence-corrected chi connectivity index (χ2v) is 8.00. The summed E-state index contributed by atoms with van der Waals surface area (Å²) in [5.74, 6) is -0.592. The molecule has 1 aliphatic rings. The van der Waals surface area contributed by atoms with Crippen molar-refractivity contribution in [2.75, 3.05) is 24.6 Å². The predicted octanol–water partition coefficient (Wildman–Crippen LogP) is 5.16. The van der Waals surface area contributed by atoms with E-state index >= 15 is 0 Å². The molecule has 7 heteroatoms. The first-order chi connectivity index (χ1) is 15.5. The molecule has 2 aromatic heterocycles. The van der Waals surface area contributed by atoms with Crippen LogP contribution >= 0.6 is 0 Å². The van der Waals surface area contributed by atoms with E-state index in [9.17, 15) is 8.78 Å². The average Bonchev–Trinajstić information content (AvgIpc) is 2.78. The first-order valence-electron chi connectivity index (χ1n) is 10.5. The van der Waals surface area contributed by atoms with Gasteiger partial charge in [-0.05, 0) is 61.4 Å². The van der Waals surface area contributed by atoms with Gasteiger partial charge >= 0.3 is 0 Å². The summed E-state index contributed by atoms with van der Waals surface area (Å²) in [6, 6.07) is 11.6. The second kappa shape index (κ2) is 8.24. The lowest BCUT2D eigenvalue weighted by Crippen LogP contribution is -2.38. The van der Waals surface area contributed by atoms with Gasteiger partial charge in [-0.2, -0.15) is 0 Å². The van der Waals surface area contributed by atoms with Crippen LogP contribution in [-0.4, -0.2) is 34.6 Å². The van der Waals surface area contributed by atoms with Crippen LogP contribution in [0.5, 0.6) is 0 Å². The molecule has 162 valence electrons. The molecule has 32 heavy (non-hydrogen) atoms. The molecule has 0 radical (unpaired) electrons. The maximum Gasteiger partial charge on any atom is 0.133 e. The highest BCUT2D eigenvalue weighted by atomic mass is 19.1. The summed E-state index contributed by atoms with van der Waals surface area (Å²) in [6.07, 6.45) is 3.39. The van der Waals surface area contributed by atoms with Crippen molar-refractivity contribution in [2.45, 2.75) is 20.0 Å². The van der Waals surface area contributed by atoms with Crippen LogP contribution in [0, 0.1) is 25.5 Å². The third-order valence-electron chi connectivity index (χ3n) is 5.75. The summed E-state index contributed by atoms with van der Waals surface area (Å²) in [5, 5.41) is 0.722. The maximum atomic E-state index is 14.7. The standard InChI is InChI=1S/C25H22F2N4O/c1-15-9-17(5-6-28-15)25-14-31(7-8-32-25)19-11-21(20-4-3-18(26)10-23(20)27)22-13-29-16(2)30-24(22)12-19/h3-6,9-13,25H,7-8,14H2,1-2H3/t25-/m0/s1. The Morgan fingerprint density at radius 3 is 2.69 bits per heavy atom. The zero-order valence-corrected chi connectivity index (χ0v) is 17.8. The van der Waals surface area contributed by atoms with Crippen LogP contribution in [0.15, 0.2) is 54.9 Å². The van der Waals surface area contributed by atoms with E-state index in [2.05, 4.69) is 19.9 Å². The Balaban J connectivity index is 1.59. The smallest absolute Gasteiger partial charge is 0.133 e. The van der Waals surface area contributed by atoms with Crippen molar-refractivity contribution >= 4 is 16.6 Å². The third kappa shape index (κ3) is 3.91. The SMILES string of the molecule is Cc1cc([C@@H]2CN(c3cc(-c4ccc(F)cc4F)c4cnc(C)nc4c3)CCO2)ccn1. The fourth-order valence-electron chi connectivity index (χ4n) is 4.18. The van der Waals surface area contributed by atoms with E-state index < -0.39 is 11.6 Å². The lowest BCUT2D eigenvalue weighted by Gasteiger charge is -2.35. The fraction of sp³-hybridized carbons (Fsp3) is 0.240. The van der Waals surface area contributed by atoms with Gasteiger partial charge in [-0.15, -0.1) is 0 Å². The van der Waals surface area contributed by atoms with Crippen molar-refractivity contribution in [2.24, 2.45) is 0 Å². The largest absolute Gasteiger partial charge is 0.370 e. The number of aryl methyl sites for hydroxylation is 2. The van der Waals surface area contributed by atoms with E-state index in [1.165, 1.54) is 12.1 Å². The minimum absolute atomic E-state index is 0.0979. The van der Waals surface area contributed by atoms with Gasteiger partial charge in [0.2, 0.25) is 0 Å². The summed E-state index contributed by atoms with van der Waals surface area (Å²) < 4.78 is 34.3. The van der Waals surface area contributed by atoms with Gasteiger partial charge in [0.25, 0.3) is 0 Å². The maximum absolute atomic E-state index is 14.7. The molecule has 0 bridgehead atoms. The first kappa shape index (κ1) is 20.5. The minimum atomic E-state index is -0.615. The van der Waals surface area contributed by atoms with Crippen LogP contribution in [0.3, 0.4) is 0 Å². The van der Waals surface area contributed by atoms with Gasteiger partial charge in [-0.1, -0.05) is 0 Å². The molecular formula is C25H22F2N4O. The Bertz CT molecular complexity index is 1310. The average molecular weight is 432 g/mol. The molecule has 3 heterocycles. The van der Waals surface area contributed by atoms with Crippen LogP contribution in [0.2, 0.25) is 0 Å². The van der Waals surface area contributed by atoms with Crippen molar-refractivity contribution < 1.29 is 13.5 Å². The van der Waals surface area contributed by atoms with Gasteiger partial charge in [-0.3, -0.25) is 4.98 Å². The monoisotopic (exact) mass is 432 g/mol. The molecular weight excluding hydrogens is 410 g/mol. The molecule has 0 spiro atoms. The molecule has 0 unspecified atom stereocenters. The molecule has 5 rings (SSSR count). The van der Waals surface area contributed by atoms with E-state index in [1.54, 1.807) is 12.4 Å². The van der Waals surface area contributed by atoms with Gasteiger partial charge in [0, 0.05) is 53.9 Å². The number of benzene rings is 2. The number of fused-ring (bicyclic) bond motifs is 1. The van der Waals surface area contributed by atoms with E-state index in [0.717, 1.165) is 33.9 Å². The summed E-state index contributed by atoms with van der Waals surface area (Å²) in [5.41, 5.74) is 4.60. The third-order valence-corrected chi connectivity index (χ3v) is 5.75. The summed E-state index contributed by atoms with van der Waals surface area (Å²) >= 11 is 0. The number of hydrogen-bond donors (Lipinski definition) is 0. The summed E-state index contributed by atoms with van der Waals surface area (Å²) in [7, 11) is 0. The number of rotatable bonds is 3. The Morgan fingerprint density at radius 2 is 1.88 bits per heavy atom. The molecule has 1 saturated heterocycles. The Hall–Kier alpha value is -3.45. The molecule has 1 atom stereocenters. The quantitative estimate of drug-likeness (QED) is 0.447. The van der Waals surface area contributed by atoms with Crippen LogP contribution in [0.1, 0.15) is 23.2 Å². The lowest BCUT2D eigenvalue weighted by atomic mass is 9.99. The Morgan fingerprint density at radius 1 is 1.00 bits per heavy atom. The van der Waals surface area contributed by atoms with Gasteiger partial charge < -0.3 is 9.64 Å². The van der Waals surface area contributed by atoms with Gasteiger partial charge in [0.05, 0.1) is 12.1 Å². The van der Waals surface area contributed by atoms with Crippen LogP contribution in [-0.2, 0) is 4.74 Å². The van der Waals surface area contributed by atoms with Gasteiger partial charge in [-0.25, -0.2) is 18.7 Å². The molecule has 0 amide bonds. The number of hydrogen-bond acceptors (Lipinski definition) is 5. The van der Waals surface area contributed by atoms with Crippen molar-refractivity contribution in [3.8, 4) is 11.1 Å². The van der Waals surface area contributed by atoms with Crippen LogP contribution in [0.25, 0.3) is 22.0 Å². The number of pyridine rings is 1. The first-order valence-corrected chi connectivity index (χ1v) is 10.5. The van der Waals surface area contributed by atoms with Crippen LogP contribution in [0.4, 0.5) is 14.5 Å². The van der Waals surface area contributed by atoms with E-state index in [1.807, 2.05) is 38.1 Å². The molecule has 0 N–H and O–H groups in total. The molecule has 5 nitrogen and oxygen atoms in total. The highest BCUT2D eigenvalue weighted by molar-refractivity contribution is 5.97. The Labute approximate surface area is 184 Å². The highest BCUT2D eigenvalue weighted by Crippen LogP contribution is 2.36. The molecule has 4 aromatic rings. The molecule has 2 aromatic carbocycles. The normalized spacial score (nSPS) is 16.5. The Kier molecular flexibility index (Phi) is 5.27. The van der Waals surface area contributed by atoms with E-state index in [-0.39, 0.29) is 6.10 Å². The number of ether oxygens (including phenoxy) is 1. The summed E-state index contributed by atoms with van der Waals surface area (Å²) in [6.45, 7) is 5.68. The molecule has 0 aliphatic carbocycles. The van der Waals surface area contributed by atoms with E-state index in [0.29, 0.717) is 36.6 Å². The van der Waals surface area contributed by atoms with Gasteiger partial charge in [0.1, 0.15) is 23.6 Å². The second-order valence-electron chi connectivity index (χ2n) is 8.00. The lowest BCUT2D eigenvalue weighted by molar-refractivity contribution is 0.0397. The number of aromatic nitrogens is 3. The van der Waals surface area contributed by atoms with Crippen molar-refractivity contribution in [3.63, 3.8) is 0 Å². The molecule has 1 aliphatic heterocycles. The highest BCUT2D eigenvalue weighted by Gasteiger charge is 2.24. The zero-order valence-electron chi connectivity index (χ0n) is 17.8. The zero-order chi connectivity index (χ0) is 22.2. The predicted molar refractivity (Wildman–Crippen MR) is 120 cm³/mol. The van der Waals surface area contributed by atoms with Crippen molar-refractivity contribution in [1.82, 2.24) is 15.0 Å². The van der Waals surface area contributed by atoms with E-state index in [4.69, 9.17) is 4.74 Å². The van der Waals surface area contributed by atoms with Crippen molar-refractivity contribution in [3.05, 3.63) is 83.6 Å². The number of anilines is 1. The molecule has 1 fully saturated rings. The fourth-order valence-corrected chi connectivity index (χ4v) is 4.18. The minimum Gasteiger partial charge on any atom is -0.370 e. The van der Waals surface area contributed by atoms with Crippen molar-refractivity contribution in [1.29, 1.82) is 0 Å². The van der Waals surface area contributed by atoms with Crippen LogP contribution < -0.4 is 4.90 Å². The topological polar surface area (TPSA) is 51.1 Å². The summed E-state index contributed by atoms with van der Waals surface area (Å²) in [4.78, 5) is 15.4. The van der Waals surface area contributed by atoms with Gasteiger partial charge in [0.15, 0.2) is 0 Å². The number of nitrogens with zero attached hydrogens (tertiary/aromatic N) is 4. The molecule has 0 saturated carbocycles. The number of morpholine rings is 1.